The van der Waals surface area contributed by atoms with Crippen LogP contribution >= 0.6 is 0 Å². The molecule has 2 aromatic carbocycles. The van der Waals surface area contributed by atoms with Crippen molar-refractivity contribution in [3.05, 3.63) is 71.6 Å². The Kier molecular flexibility index (Phi) is 9.17. The highest BCUT2D eigenvalue weighted by Gasteiger charge is 2.38. The number of nitrogens with zero attached hydrogens (tertiary/aromatic N) is 2. The summed E-state index contributed by atoms with van der Waals surface area (Å²) in [5.41, 5.74) is 3.91. The van der Waals surface area contributed by atoms with Crippen LogP contribution in [-0.4, -0.2) is 48.8 Å². The maximum Gasteiger partial charge on any atom is 0.409 e. The molecule has 0 saturated carbocycles. The van der Waals surface area contributed by atoms with Gasteiger partial charge >= 0.3 is 12.1 Å². The molecule has 4 rings (SSSR count). The first-order valence-corrected chi connectivity index (χ1v) is 13.8. The van der Waals surface area contributed by atoms with Crippen molar-refractivity contribution in [3.8, 4) is 17.2 Å². The van der Waals surface area contributed by atoms with Crippen molar-refractivity contribution in [1.82, 2.24) is 9.88 Å². The number of amides is 1. The molecule has 1 amide bonds. The average molecular weight is 549 g/mol. The lowest BCUT2D eigenvalue weighted by Crippen LogP contribution is -2.30. The molecule has 1 aromatic heterocycles. The Bertz CT molecular complexity index is 1290. The minimum absolute atomic E-state index is 0.0519. The van der Waals surface area contributed by atoms with Crippen LogP contribution in [0.3, 0.4) is 0 Å². The second kappa shape index (κ2) is 12.6. The number of oxazole rings is 1. The third-order valence-corrected chi connectivity index (χ3v) is 7.12. The zero-order valence-corrected chi connectivity index (χ0v) is 24.3. The molecule has 2 heterocycles. The molecule has 8 heteroatoms. The Morgan fingerprint density at radius 3 is 2.52 bits per heavy atom. The number of esters is 1. The molecule has 0 radical (unpaired) electrons. The van der Waals surface area contributed by atoms with Crippen molar-refractivity contribution in [1.29, 1.82) is 0 Å². The molecular weight excluding hydrogens is 508 g/mol. The number of hydrogen-bond donors (Lipinski definition) is 0. The fourth-order valence-electron chi connectivity index (χ4n) is 4.84. The van der Waals surface area contributed by atoms with Crippen LogP contribution in [0.2, 0.25) is 0 Å². The minimum atomic E-state index is -0.353. The second-order valence-electron chi connectivity index (χ2n) is 11.9. The molecule has 0 N–H and O–H groups in total. The lowest BCUT2D eigenvalue weighted by Gasteiger charge is -2.18. The van der Waals surface area contributed by atoms with Gasteiger partial charge in [0.15, 0.2) is 0 Å². The van der Waals surface area contributed by atoms with Gasteiger partial charge in [0.25, 0.3) is 0 Å². The van der Waals surface area contributed by atoms with E-state index >= 15 is 0 Å². The Morgan fingerprint density at radius 1 is 1.10 bits per heavy atom. The van der Waals surface area contributed by atoms with Crippen molar-refractivity contribution in [2.75, 3.05) is 26.8 Å². The number of likely N-dealkylation sites (tertiary alicyclic amines) is 1. The van der Waals surface area contributed by atoms with Crippen LogP contribution in [0.25, 0.3) is 11.5 Å². The van der Waals surface area contributed by atoms with Gasteiger partial charge in [-0.05, 0) is 52.6 Å². The number of hydrogen-bond acceptors (Lipinski definition) is 7. The maximum absolute atomic E-state index is 12.7. The zero-order chi connectivity index (χ0) is 28.9. The molecule has 0 bridgehead atoms. The molecule has 1 saturated heterocycles. The van der Waals surface area contributed by atoms with E-state index in [4.69, 9.17) is 18.6 Å². The first kappa shape index (κ1) is 29.2. The fraction of sp³-hybridized carbons (Fsp3) is 0.469. The summed E-state index contributed by atoms with van der Waals surface area (Å²) in [5, 5.41) is 0. The fourth-order valence-corrected chi connectivity index (χ4v) is 4.84. The zero-order valence-electron chi connectivity index (χ0n) is 24.3. The molecule has 0 unspecified atom stereocenters. The monoisotopic (exact) mass is 548 g/mol. The van der Waals surface area contributed by atoms with E-state index in [0.29, 0.717) is 37.0 Å². The molecule has 0 aliphatic carbocycles. The summed E-state index contributed by atoms with van der Waals surface area (Å²) in [5.74, 6) is 1.04. The average Bonchev–Trinajstić information content (AvgIpc) is 3.58. The van der Waals surface area contributed by atoms with Gasteiger partial charge in [-0.3, -0.25) is 4.79 Å². The molecule has 1 aliphatic heterocycles. The summed E-state index contributed by atoms with van der Waals surface area (Å²) in [4.78, 5) is 31.1. The van der Waals surface area contributed by atoms with E-state index in [0.717, 1.165) is 11.1 Å². The largest absolute Gasteiger partial charge is 0.487 e. The Hall–Kier alpha value is -3.81. The standard InChI is InChI=1S/C32H40N2O6/c1-21(2)18-40-31(36)34-16-24(15-29(35)37-6)28(17-34)23-8-7-9-27(14-23)38-19-26-20-39-30(33-26)22-10-12-25(13-11-22)32(3,4)5/h7-14,20-21,24,28H,15-19H2,1-6H3/t24-,28-/m0/s1. The predicted octanol–water partition coefficient (Wildman–Crippen LogP) is 6.59. The molecule has 3 aromatic rings. The van der Waals surface area contributed by atoms with E-state index in [1.54, 1.807) is 11.2 Å². The van der Waals surface area contributed by atoms with E-state index < -0.39 is 0 Å². The van der Waals surface area contributed by atoms with Crippen LogP contribution in [0.4, 0.5) is 4.79 Å². The molecule has 2 atom stereocenters. The molecule has 1 aliphatic rings. The third kappa shape index (κ3) is 7.43. The molecule has 214 valence electrons. The first-order chi connectivity index (χ1) is 19.0. The van der Waals surface area contributed by atoms with Crippen LogP contribution in [0.15, 0.2) is 59.2 Å². The summed E-state index contributed by atoms with van der Waals surface area (Å²) < 4.78 is 22.1. The highest BCUT2D eigenvalue weighted by Crippen LogP contribution is 2.37. The van der Waals surface area contributed by atoms with E-state index in [1.165, 1.54) is 12.7 Å². The van der Waals surface area contributed by atoms with Gasteiger partial charge in [-0.1, -0.05) is 58.9 Å². The molecule has 1 fully saturated rings. The second-order valence-corrected chi connectivity index (χ2v) is 11.9. The van der Waals surface area contributed by atoms with Crippen LogP contribution < -0.4 is 4.74 Å². The Balaban J connectivity index is 1.42. The normalized spacial score (nSPS) is 17.2. The third-order valence-electron chi connectivity index (χ3n) is 7.12. The van der Waals surface area contributed by atoms with Gasteiger partial charge in [0.05, 0.1) is 20.1 Å². The van der Waals surface area contributed by atoms with Crippen LogP contribution in [0.5, 0.6) is 5.75 Å². The van der Waals surface area contributed by atoms with Gasteiger partial charge in [0.2, 0.25) is 5.89 Å². The van der Waals surface area contributed by atoms with Gasteiger partial charge in [-0.2, -0.15) is 0 Å². The van der Waals surface area contributed by atoms with Gasteiger partial charge in [-0.25, -0.2) is 9.78 Å². The predicted molar refractivity (Wildman–Crippen MR) is 152 cm³/mol. The summed E-state index contributed by atoms with van der Waals surface area (Å²) >= 11 is 0. The van der Waals surface area contributed by atoms with Gasteiger partial charge in [0.1, 0.15) is 24.3 Å². The lowest BCUT2D eigenvalue weighted by molar-refractivity contribution is -0.141. The van der Waals surface area contributed by atoms with Crippen molar-refractivity contribution < 1.29 is 28.2 Å². The van der Waals surface area contributed by atoms with E-state index in [-0.39, 0.29) is 48.3 Å². The van der Waals surface area contributed by atoms with E-state index in [1.807, 2.05) is 50.2 Å². The topological polar surface area (TPSA) is 91.1 Å². The number of methoxy groups -OCH3 is 1. The number of ether oxygens (including phenoxy) is 3. The number of rotatable bonds is 9. The summed E-state index contributed by atoms with van der Waals surface area (Å²) in [6, 6.07) is 16.0. The van der Waals surface area contributed by atoms with Crippen molar-refractivity contribution in [3.63, 3.8) is 0 Å². The van der Waals surface area contributed by atoms with Gasteiger partial charge in [0, 0.05) is 24.6 Å². The van der Waals surface area contributed by atoms with E-state index in [2.05, 4.69) is 37.9 Å². The number of benzene rings is 2. The van der Waals surface area contributed by atoms with Crippen molar-refractivity contribution in [2.24, 2.45) is 11.8 Å². The molecule has 40 heavy (non-hydrogen) atoms. The highest BCUT2D eigenvalue weighted by molar-refractivity contribution is 5.71. The number of carbonyl (C=O) groups excluding carboxylic acids is 2. The van der Waals surface area contributed by atoms with Gasteiger partial charge in [-0.15, -0.1) is 0 Å². The van der Waals surface area contributed by atoms with Gasteiger partial charge < -0.3 is 23.5 Å². The number of aromatic nitrogens is 1. The van der Waals surface area contributed by atoms with Crippen LogP contribution in [-0.2, 0) is 26.3 Å². The number of carbonyl (C=O) groups is 2. The smallest absolute Gasteiger partial charge is 0.409 e. The summed E-state index contributed by atoms with van der Waals surface area (Å²) in [6.45, 7) is 12.0. The Labute approximate surface area is 236 Å². The van der Waals surface area contributed by atoms with E-state index in [9.17, 15) is 9.59 Å². The van der Waals surface area contributed by atoms with Crippen LogP contribution in [0, 0.1) is 11.8 Å². The van der Waals surface area contributed by atoms with Crippen molar-refractivity contribution in [2.45, 2.75) is 59.0 Å². The summed E-state index contributed by atoms with van der Waals surface area (Å²) in [6.07, 6.45) is 1.48. The molecule has 8 nitrogen and oxygen atoms in total. The summed E-state index contributed by atoms with van der Waals surface area (Å²) in [7, 11) is 1.38. The molecular formula is C32H40N2O6. The molecule has 0 spiro atoms. The first-order valence-electron chi connectivity index (χ1n) is 13.8. The lowest BCUT2D eigenvalue weighted by atomic mass is 9.87. The SMILES string of the molecule is COC(=O)C[C@H]1CN(C(=O)OCC(C)C)C[C@H]1c1cccc(OCc2coc(-c3ccc(C(C)(C)C)cc3)n2)c1. The quantitative estimate of drug-likeness (QED) is 0.279. The van der Waals surface area contributed by atoms with Crippen LogP contribution in [0.1, 0.15) is 63.8 Å². The maximum atomic E-state index is 12.7. The highest BCUT2D eigenvalue weighted by atomic mass is 16.6. The Morgan fingerprint density at radius 2 is 1.85 bits per heavy atom. The minimum Gasteiger partial charge on any atom is -0.487 e. The van der Waals surface area contributed by atoms with Crippen molar-refractivity contribution >= 4 is 12.1 Å².